The van der Waals surface area contributed by atoms with Gasteiger partial charge in [-0.1, -0.05) is 31.2 Å². The lowest BCUT2D eigenvalue weighted by molar-refractivity contribution is 0.0929. The number of carbonyl (C=O) groups excluding carboxylic acids is 1. The van der Waals surface area contributed by atoms with Crippen molar-refractivity contribution in [2.45, 2.75) is 19.4 Å². The zero-order valence-corrected chi connectivity index (χ0v) is 14.4. The molecule has 4 heteroatoms. The molecule has 0 aliphatic rings. The van der Waals surface area contributed by atoms with Crippen LogP contribution in [0.3, 0.4) is 0 Å². The summed E-state index contributed by atoms with van der Waals surface area (Å²) in [6, 6.07) is 17.2. The number of rotatable bonds is 6. The Morgan fingerprint density at radius 3 is 2.46 bits per heavy atom. The number of nitriles is 1. The summed E-state index contributed by atoms with van der Waals surface area (Å²) in [5, 5.41) is 12.1. The van der Waals surface area contributed by atoms with Crippen LogP contribution in [-0.2, 0) is 0 Å². The molecule has 24 heavy (non-hydrogen) atoms. The first-order valence-corrected chi connectivity index (χ1v) is 8.09. The van der Waals surface area contributed by atoms with E-state index in [1.54, 1.807) is 6.07 Å². The lowest BCUT2D eigenvalue weighted by atomic mass is 10.0. The highest BCUT2D eigenvalue weighted by Gasteiger charge is 2.13. The smallest absolute Gasteiger partial charge is 0.251 e. The Hall–Kier alpha value is -2.64. The lowest BCUT2D eigenvalue weighted by Gasteiger charge is -2.21. The zero-order chi connectivity index (χ0) is 17.5. The molecular formula is C20H23N3O. The Morgan fingerprint density at radius 2 is 1.83 bits per heavy atom. The number of likely N-dealkylation sites (N-methyl/N-ethyl adjacent to an activating group) is 1. The molecule has 1 amide bonds. The molecule has 0 heterocycles. The average Bonchev–Trinajstić information content (AvgIpc) is 2.60. The molecular weight excluding hydrogens is 298 g/mol. The first kappa shape index (κ1) is 17.7. The van der Waals surface area contributed by atoms with Crippen LogP contribution in [0.25, 0.3) is 11.1 Å². The third-order valence-electron chi connectivity index (χ3n) is 3.86. The van der Waals surface area contributed by atoms with E-state index in [1.165, 1.54) is 0 Å². The Balaban J connectivity index is 2.20. The molecule has 2 rings (SSSR count). The van der Waals surface area contributed by atoms with Gasteiger partial charge < -0.3 is 10.2 Å². The standard InChI is InChI=1S/C20H23N3O/c1-4-19(14-23(2)3)22-20(24)18-10-6-9-17(12-18)16-8-5-7-15(11-16)13-21/h5-12,19H,4,14H2,1-3H3,(H,22,24)/t19-/m0/s1. The van der Waals surface area contributed by atoms with E-state index in [-0.39, 0.29) is 11.9 Å². The number of carbonyl (C=O) groups is 1. The van der Waals surface area contributed by atoms with Crippen molar-refractivity contribution in [3.63, 3.8) is 0 Å². The number of nitrogens with zero attached hydrogens (tertiary/aromatic N) is 2. The maximum atomic E-state index is 12.5. The SMILES string of the molecule is CC[C@@H](CN(C)C)NC(=O)c1cccc(-c2cccc(C#N)c2)c1. The molecule has 0 aliphatic carbocycles. The zero-order valence-electron chi connectivity index (χ0n) is 14.4. The van der Waals surface area contributed by atoms with Crippen LogP contribution < -0.4 is 5.32 Å². The van der Waals surface area contributed by atoms with E-state index >= 15 is 0 Å². The summed E-state index contributed by atoms with van der Waals surface area (Å²) >= 11 is 0. The Bertz CT molecular complexity index is 747. The van der Waals surface area contributed by atoms with Crippen molar-refractivity contribution >= 4 is 5.91 Å². The Kier molecular flexibility index (Phi) is 6.11. The quantitative estimate of drug-likeness (QED) is 0.888. The van der Waals surface area contributed by atoms with E-state index in [2.05, 4.69) is 23.2 Å². The van der Waals surface area contributed by atoms with E-state index in [4.69, 9.17) is 5.26 Å². The van der Waals surface area contributed by atoms with E-state index in [0.29, 0.717) is 11.1 Å². The topological polar surface area (TPSA) is 56.1 Å². The van der Waals surface area contributed by atoms with Crippen molar-refractivity contribution in [3.8, 4) is 17.2 Å². The van der Waals surface area contributed by atoms with Gasteiger partial charge in [0.15, 0.2) is 0 Å². The minimum Gasteiger partial charge on any atom is -0.348 e. The third kappa shape index (κ3) is 4.68. The summed E-state index contributed by atoms with van der Waals surface area (Å²) in [6.45, 7) is 2.88. The van der Waals surface area contributed by atoms with Crippen LogP contribution >= 0.6 is 0 Å². The fraction of sp³-hybridized carbons (Fsp3) is 0.300. The van der Waals surface area contributed by atoms with Gasteiger partial charge in [0, 0.05) is 18.2 Å². The molecule has 1 atom stereocenters. The molecule has 0 aromatic heterocycles. The summed E-state index contributed by atoms with van der Waals surface area (Å²) in [5.41, 5.74) is 3.11. The van der Waals surface area contributed by atoms with Crippen LogP contribution in [-0.4, -0.2) is 37.5 Å². The van der Waals surface area contributed by atoms with E-state index in [9.17, 15) is 4.79 Å². The summed E-state index contributed by atoms with van der Waals surface area (Å²) in [6.07, 6.45) is 0.883. The van der Waals surface area contributed by atoms with Gasteiger partial charge in [-0.2, -0.15) is 5.26 Å². The van der Waals surface area contributed by atoms with Crippen molar-refractivity contribution in [2.24, 2.45) is 0 Å². The van der Waals surface area contributed by atoms with E-state index in [1.807, 2.05) is 56.6 Å². The monoisotopic (exact) mass is 321 g/mol. The molecule has 2 aromatic rings. The van der Waals surface area contributed by atoms with E-state index < -0.39 is 0 Å². The van der Waals surface area contributed by atoms with Crippen LogP contribution in [0.1, 0.15) is 29.3 Å². The largest absolute Gasteiger partial charge is 0.348 e. The Morgan fingerprint density at radius 1 is 1.17 bits per heavy atom. The van der Waals surface area contributed by atoms with Gasteiger partial charge in [-0.25, -0.2) is 0 Å². The summed E-state index contributed by atoms with van der Waals surface area (Å²) in [5.74, 6) is -0.0676. The predicted octanol–water partition coefficient (Wildman–Crippen LogP) is 3.30. The molecule has 0 unspecified atom stereocenters. The summed E-state index contributed by atoms with van der Waals surface area (Å²) < 4.78 is 0. The fourth-order valence-corrected chi connectivity index (χ4v) is 2.59. The first-order valence-electron chi connectivity index (χ1n) is 8.09. The molecule has 0 bridgehead atoms. The van der Waals surface area contributed by atoms with Crippen LogP contribution in [0.5, 0.6) is 0 Å². The minimum atomic E-state index is -0.0676. The second-order valence-corrected chi connectivity index (χ2v) is 6.11. The van der Waals surface area contributed by atoms with Crippen molar-refractivity contribution in [1.82, 2.24) is 10.2 Å². The molecule has 0 saturated heterocycles. The van der Waals surface area contributed by atoms with Crippen molar-refractivity contribution in [2.75, 3.05) is 20.6 Å². The van der Waals surface area contributed by atoms with Gasteiger partial charge in [0.05, 0.1) is 11.6 Å². The Labute approximate surface area is 143 Å². The highest BCUT2D eigenvalue weighted by atomic mass is 16.1. The predicted molar refractivity (Wildman–Crippen MR) is 96.7 cm³/mol. The number of hydrogen-bond donors (Lipinski definition) is 1. The van der Waals surface area contributed by atoms with Crippen LogP contribution in [0.2, 0.25) is 0 Å². The minimum absolute atomic E-state index is 0.0676. The van der Waals surface area contributed by atoms with Gasteiger partial charge in [-0.3, -0.25) is 4.79 Å². The summed E-state index contributed by atoms with van der Waals surface area (Å²) in [7, 11) is 4.00. The molecule has 2 aromatic carbocycles. The molecule has 1 N–H and O–H groups in total. The van der Waals surface area contributed by atoms with Gasteiger partial charge in [-0.05, 0) is 55.9 Å². The first-order chi connectivity index (χ1) is 11.5. The number of amides is 1. The van der Waals surface area contributed by atoms with Crippen molar-refractivity contribution in [3.05, 3.63) is 59.7 Å². The highest BCUT2D eigenvalue weighted by Crippen LogP contribution is 2.21. The molecule has 4 nitrogen and oxygen atoms in total. The maximum absolute atomic E-state index is 12.5. The van der Waals surface area contributed by atoms with Gasteiger partial charge >= 0.3 is 0 Å². The average molecular weight is 321 g/mol. The molecule has 124 valence electrons. The second kappa shape index (κ2) is 8.28. The number of hydrogen-bond acceptors (Lipinski definition) is 3. The number of benzene rings is 2. The van der Waals surface area contributed by atoms with Crippen LogP contribution in [0, 0.1) is 11.3 Å². The summed E-state index contributed by atoms with van der Waals surface area (Å²) in [4.78, 5) is 14.6. The molecule has 0 radical (unpaired) electrons. The van der Waals surface area contributed by atoms with Gasteiger partial charge in [0.2, 0.25) is 0 Å². The lowest BCUT2D eigenvalue weighted by Crippen LogP contribution is -2.41. The van der Waals surface area contributed by atoms with Gasteiger partial charge in [0.25, 0.3) is 5.91 Å². The van der Waals surface area contributed by atoms with Crippen LogP contribution in [0.4, 0.5) is 0 Å². The van der Waals surface area contributed by atoms with Crippen LogP contribution in [0.15, 0.2) is 48.5 Å². The normalized spacial score (nSPS) is 11.8. The second-order valence-electron chi connectivity index (χ2n) is 6.11. The molecule has 0 aliphatic heterocycles. The van der Waals surface area contributed by atoms with Crippen molar-refractivity contribution in [1.29, 1.82) is 5.26 Å². The molecule has 0 spiro atoms. The molecule has 0 fully saturated rings. The fourth-order valence-electron chi connectivity index (χ4n) is 2.59. The van der Waals surface area contributed by atoms with E-state index in [0.717, 1.165) is 24.1 Å². The van der Waals surface area contributed by atoms with Gasteiger partial charge in [0.1, 0.15) is 0 Å². The molecule has 0 saturated carbocycles. The van der Waals surface area contributed by atoms with Gasteiger partial charge in [-0.15, -0.1) is 0 Å². The number of nitrogens with one attached hydrogen (secondary N) is 1. The third-order valence-corrected chi connectivity index (χ3v) is 3.86. The maximum Gasteiger partial charge on any atom is 0.251 e. The highest BCUT2D eigenvalue weighted by molar-refractivity contribution is 5.95. The van der Waals surface area contributed by atoms with Crippen molar-refractivity contribution < 1.29 is 4.79 Å².